The Kier molecular flexibility index (Phi) is 3.63. The van der Waals surface area contributed by atoms with Gasteiger partial charge in [-0.25, -0.2) is 8.42 Å². The van der Waals surface area contributed by atoms with E-state index in [1.54, 1.807) is 12.1 Å². The Morgan fingerprint density at radius 3 is 2.91 bits per heavy atom. The van der Waals surface area contributed by atoms with Crippen molar-refractivity contribution >= 4 is 10.0 Å². The van der Waals surface area contributed by atoms with Crippen molar-refractivity contribution in [2.75, 3.05) is 19.8 Å². The van der Waals surface area contributed by atoms with Gasteiger partial charge in [-0.1, -0.05) is 12.1 Å². The molecule has 0 amide bonds. The molecule has 0 radical (unpaired) electrons. The zero-order valence-corrected chi connectivity index (χ0v) is 13.4. The molecule has 2 aliphatic heterocycles. The lowest BCUT2D eigenvalue weighted by molar-refractivity contribution is 0.0509. The molecule has 1 atom stereocenters. The van der Waals surface area contributed by atoms with Crippen LogP contribution in [0.5, 0.6) is 5.75 Å². The second-order valence-corrected chi connectivity index (χ2v) is 7.98. The van der Waals surface area contributed by atoms with E-state index in [4.69, 9.17) is 9.47 Å². The quantitative estimate of drug-likeness (QED) is 0.820. The molecule has 0 aliphatic carbocycles. The zero-order valence-electron chi connectivity index (χ0n) is 12.6. The summed E-state index contributed by atoms with van der Waals surface area (Å²) in [4.78, 5) is 0.137. The molecule has 118 valence electrons. The zero-order chi connectivity index (χ0) is 16.0. The Balaban J connectivity index is 2.05. The van der Waals surface area contributed by atoms with Crippen LogP contribution in [0.15, 0.2) is 23.1 Å². The van der Waals surface area contributed by atoms with Crippen molar-refractivity contribution in [1.82, 2.24) is 4.31 Å². The Labute approximate surface area is 130 Å². The number of morpholine rings is 1. The maximum absolute atomic E-state index is 13.0. The van der Waals surface area contributed by atoms with E-state index in [9.17, 15) is 13.7 Å². The average Bonchev–Trinajstić information content (AvgIpc) is 2.80. The number of para-hydroxylation sites is 1. The van der Waals surface area contributed by atoms with Gasteiger partial charge in [-0.3, -0.25) is 0 Å². The van der Waals surface area contributed by atoms with Crippen LogP contribution in [0.1, 0.15) is 19.4 Å². The van der Waals surface area contributed by atoms with Crippen LogP contribution in [-0.4, -0.2) is 44.1 Å². The third kappa shape index (κ3) is 2.47. The van der Waals surface area contributed by atoms with Gasteiger partial charge in [0.1, 0.15) is 22.3 Å². The summed E-state index contributed by atoms with van der Waals surface area (Å²) < 4.78 is 38.2. The molecule has 22 heavy (non-hydrogen) atoms. The fourth-order valence-electron chi connectivity index (χ4n) is 2.89. The minimum absolute atomic E-state index is 0.0943. The summed E-state index contributed by atoms with van der Waals surface area (Å²) in [6.45, 7) is 4.41. The van der Waals surface area contributed by atoms with Crippen LogP contribution in [0, 0.1) is 11.3 Å². The van der Waals surface area contributed by atoms with Gasteiger partial charge in [0.05, 0.1) is 19.3 Å². The largest absolute Gasteiger partial charge is 0.486 e. The fraction of sp³-hybridized carbons (Fsp3) is 0.533. The molecular formula is C15H18N2O4S. The van der Waals surface area contributed by atoms with Crippen LogP contribution in [0.25, 0.3) is 0 Å². The molecule has 0 bridgehead atoms. The fourth-order valence-corrected chi connectivity index (χ4v) is 4.56. The second kappa shape index (κ2) is 5.23. The first-order valence-electron chi connectivity index (χ1n) is 7.15. The summed E-state index contributed by atoms with van der Waals surface area (Å²) in [7, 11) is -3.79. The van der Waals surface area contributed by atoms with Crippen molar-refractivity contribution in [1.29, 1.82) is 5.26 Å². The van der Waals surface area contributed by atoms with Crippen LogP contribution in [-0.2, 0) is 21.2 Å². The number of ether oxygens (including phenoxy) is 2. The summed E-state index contributed by atoms with van der Waals surface area (Å²) in [6, 6.07) is 6.33. The van der Waals surface area contributed by atoms with Gasteiger partial charge in [0.2, 0.25) is 10.0 Å². The van der Waals surface area contributed by atoms with Gasteiger partial charge in [-0.05, 0) is 25.5 Å². The number of hydrogen-bond donors (Lipinski definition) is 0. The van der Waals surface area contributed by atoms with E-state index in [0.717, 1.165) is 5.56 Å². The normalized spacial score (nSPS) is 24.3. The van der Waals surface area contributed by atoms with E-state index in [1.165, 1.54) is 4.31 Å². The lowest BCUT2D eigenvalue weighted by Gasteiger charge is -2.30. The van der Waals surface area contributed by atoms with Crippen LogP contribution >= 0.6 is 0 Å². The van der Waals surface area contributed by atoms with Crippen molar-refractivity contribution < 1.29 is 17.9 Å². The highest BCUT2D eigenvalue weighted by Gasteiger charge is 2.40. The molecule has 0 aromatic heterocycles. The summed E-state index contributed by atoms with van der Waals surface area (Å²) in [5.74, 6) is 0.413. The van der Waals surface area contributed by atoms with Gasteiger partial charge in [-0.15, -0.1) is 0 Å². The van der Waals surface area contributed by atoms with E-state index >= 15 is 0 Å². The highest BCUT2D eigenvalue weighted by Crippen LogP contribution is 2.40. The molecule has 1 aromatic carbocycles. The summed E-state index contributed by atoms with van der Waals surface area (Å²) in [5.41, 5.74) is 0.459. The van der Waals surface area contributed by atoms with Gasteiger partial charge >= 0.3 is 0 Å². The first kappa shape index (κ1) is 15.3. The Morgan fingerprint density at radius 1 is 1.41 bits per heavy atom. The monoisotopic (exact) mass is 322 g/mol. The molecule has 1 aromatic rings. The predicted octanol–water partition coefficient (Wildman–Crippen LogP) is 1.31. The van der Waals surface area contributed by atoms with E-state index in [1.807, 2.05) is 26.0 Å². The van der Waals surface area contributed by atoms with Crippen LogP contribution < -0.4 is 4.74 Å². The summed E-state index contributed by atoms with van der Waals surface area (Å²) >= 11 is 0. The van der Waals surface area contributed by atoms with E-state index in [-0.39, 0.29) is 18.0 Å². The molecule has 1 saturated heterocycles. The van der Waals surface area contributed by atoms with Crippen molar-refractivity contribution in [2.24, 2.45) is 0 Å². The predicted molar refractivity (Wildman–Crippen MR) is 79.0 cm³/mol. The van der Waals surface area contributed by atoms with E-state index in [0.29, 0.717) is 18.8 Å². The third-order valence-electron chi connectivity index (χ3n) is 3.87. The van der Waals surface area contributed by atoms with Gasteiger partial charge in [-0.2, -0.15) is 9.57 Å². The Morgan fingerprint density at radius 2 is 2.18 bits per heavy atom. The molecule has 2 aliphatic rings. The lowest BCUT2D eigenvalue weighted by Crippen LogP contribution is -2.47. The Hall–Kier alpha value is -1.62. The topological polar surface area (TPSA) is 79.6 Å². The molecule has 0 saturated carbocycles. The van der Waals surface area contributed by atoms with Gasteiger partial charge in [0, 0.05) is 13.0 Å². The minimum atomic E-state index is -3.79. The number of sulfonamides is 1. The first-order valence-corrected chi connectivity index (χ1v) is 8.59. The maximum atomic E-state index is 13.0. The first-order chi connectivity index (χ1) is 10.3. The molecule has 1 unspecified atom stereocenters. The Bertz CT molecular complexity index is 736. The molecule has 2 heterocycles. The molecule has 0 spiro atoms. The van der Waals surface area contributed by atoms with E-state index in [2.05, 4.69) is 0 Å². The average molecular weight is 322 g/mol. The lowest BCUT2D eigenvalue weighted by atomic mass is 10.0. The van der Waals surface area contributed by atoms with Crippen molar-refractivity contribution in [2.45, 2.75) is 36.8 Å². The standard InChI is InChI=1S/C15H18N2O4S/c1-15(2)8-11-4-3-5-13(14(11)21-15)22(18,19)17-6-7-20-10-12(17)9-16/h3-5,12H,6-8,10H2,1-2H3. The molecule has 0 N–H and O–H groups in total. The number of hydrogen-bond acceptors (Lipinski definition) is 5. The number of benzene rings is 1. The number of fused-ring (bicyclic) bond motifs is 1. The molecule has 1 fully saturated rings. The molecule has 3 rings (SSSR count). The number of rotatable bonds is 2. The maximum Gasteiger partial charge on any atom is 0.248 e. The molecule has 6 nitrogen and oxygen atoms in total. The van der Waals surface area contributed by atoms with Crippen molar-refractivity contribution in [3.63, 3.8) is 0 Å². The van der Waals surface area contributed by atoms with Crippen LogP contribution in [0.4, 0.5) is 0 Å². The smallest absolute Gasteiger partial charge is 0.248 e. The van der Waals surface area contributed by atoms with Gasteiger partial charge in [0.15, 0.2) is 0 Å². The highest BCUT2D eigenvalue weighted by atomic mass is 32.2. The summed E-state index contributed by atoms with van der Waals surface area (Å²) in [5, 5.41) is 9.18. The van der Waals surface area contributed by atoms with Gasteiger partial charge < -0.3 is 9.47 Å². The van der Waals surface area contributed by atoms with Crippen molar-refractivity contribution in [3.05, 3.63) is 23.8 Å². The van der Waals surface area contributed by atoms with E-state index < -0.39 is 21.7 Å². The minimum Gasteiger partial charge on any atom is -0.486 e. The molecular weight excluding hydrogens is 304 g/mol. The van der Waals surface area contributed by atoms with Crippen LogP contribution in [0.3, 0.4) is 0 Å². The highest BCUT2D eigenvalue weighted by molar-refractivity contribution is 7.89. The third-order valence-corrected chi connectivity index (χ3v) is 5.80. The second-order valence-electron chi connectivity index (χ2n) is 6.12. The summed E-state index contributed by atoms with van der Waals surface area (Å²) in [6.07, 6.45) is 0.663. The number of nitriles is 1. The molecule has 7 heteroatoms. The number of nitrogens with zero attached hydrogens (tertiary/aromatic N) is 2. The van der Waals surface area contributed by atoms with Crippen molar-refractivity contribution in [3.8, 4) is 11.8 Å². The SMILES string of the molecule is CC1(C)Cc2cccc(S(=O)(=O)N3CCOCC3C#N)c2O1. The van der Waals surface area contributed by atoms with Gasteiger partial charge in [0.25, 0.3) is 0 Å². The van der Waals surface area contributed by atoms with Crippen LogP contribution in [0.2, 0.25) is 0 Å².